The Balaban J connectivity index is 2.35. The highest BCUT2D eigenvalue weighted by Gasteiger charge is 2.22. The molecule has 0 bridgehead atoms. The molecule has 0 aliphatic carbocycles. The van der Waals surface area contributed by atoms with Gasteiger partial charge in [-0.2, -0.15) is 0 Å². The number of carbonyl (C=O) groups is 1. The van der Waals surface area contributed by atoms with Gasteiger partial charge in [-0.05, 0) is 44.2 Å². The van der Waals surface area contributed by atoms with Crippen LogP contribution in [0.3, 0.4) is 0 Å². The van der Waals surface area contributed by atoms with E-state index < -0.39 is 0 Å². The Kier molecular flexibility index (Phi) is 5.96. The van der Waals surface area contributed by atoms with Crippen molar-refractivity contribution >= 4 is 5.91 Å². The van der Waals surface area contributed by atoms with Gasteiger partial charge in [0.15, 0.2) is 0 Å². The van der Waals surface area contributed by atoms with Crippen LogP contribution in [0.4, 0.5) is 0 Å². The molecule has 0 spiro atoms. The Morgan fingerprint density at radius 2 is 1.88 bits per heavy atom. The van der Waals surface area contributed by atoms with Crippen molar-refractivity contribution in [2.24, 2.45) is 11.8 Å². The summed E-state index contributed by atoms with van der Waals surface area (Å²) >= 11 is 0. The largest absolute Gasteiger partial charge is 0.343 e. The van der Waals surface area contributed by atoms with Gasteiger partial charge in [0.25, 0.3) is 0 Å². The zero-order valence-corrected chi connectivity index (χ0v) is 11.8. The molecule has 1 rings (SSSR count). The lowest BCUT2D eigenvalue weighted by atomic mass is 9.95. The third-order valence-electron chi connectivity index (χ3n) is 3.65. The summed E-state index contributed by atoms with van der Waals surface area (Å²) in [6, 6.07) is 0.454. The highest BCUT2D eigenvalue weighted by atomic mass is 16.2. The highest BCUT2D eigenvalue weighted by Crippen LogP contribution is 2.18. The smallest absolute Gasteiger partial charge is 0.222 e. The summed E-state index contributed by atoms with van der Waals surface area (Å²) in [5, 5.41) is 3.34. The number of hydrogen-bond donors (Lipinski definition) is 1. The summed E-state index contributed by atoms with van der Waals surface area (Å²) in [6.07, 6.45) is 4.05. The summed E-state index contributed by atoms with van der Waals surface area (Å²) in [5.74, 6) is 1.51. The van der Waals surface area contributed by atoms with E-state index in [-0.39, 0.29) is 0 Å². The number of piperidine rings is 1. The molecule has 100 valence electrons. The van der Waals surface area contributed by atoms with Crippen molar-refractivity contribution in [2.45, 2.75) is 52.5 Å². The maximum atomic E-state index is 12.1. The minimum absolute atomic E-state index is 0.324. The second-order valence-electron chi connectivity index (χ2n) is 5.92. The predicted octanol–water partition coefficient (Wildman–Crippen LogP) is 2.27. The van der Waals surface area contributed by atoms with Crippen LogP contribution in [0.5, 0.6) is 0 Å². The van der Waals surface area contributed by atoms with Crippen molar-refractivity contribution in [1.82, 2.24) is 10.2 Å². The Bertz CT molecular complexity index is 234. The highest BCUT2D eigenvalue weighted by molar-refractivity contribution is 5.76. The number of carbonyl (C=O) groups excluding carboxylic acids is 1. The Hall–Kier alpha value is -0.570. The Morgan fingerprint density at radius 3 is 2.41 bits per heavy atom. The molecular weight excluding hydrogens is 212 g/mol. The van der Waals surface area contributed by atoms with Crippen molar-refractivity contribution in [3.63, 3.8) is 0 Å². The first kappa shape index (κ1) is 14.5. The normalized spacial score (nSPS) is 19.4. The van der Waals surface area contributed by atoms with E-state index in [1.54, 1.807) is 0 Å². The molecule has 1 atom stereocenters. The van der Waals surface area contributed by atoms with E-state index in [1.165, 1.54) is 0 Å². The van der Waals surface area contributed by atoms with Crippen LogP contribution in [0.2, 0.25) is 0 Å². The van der Waals surface area contributed by atoms with Crippen LogP contribution in [0.1, 0.15) is 46.5 Å². The number of rotatable bonds is 5. The minimum atomic E-state index is 0.324. The zero-order valence-electron chi connectivity index (χ0n) is 11.8. The fraction of sp³-hybridized carbons (Fsp3) is 0.929. The van der Waals surface area contributed by atoms with E-state index in [2.05, 4.69) is 26.1 Å². The van der Waals surface area contributed by atoms with Gasteiger partial charge in [0.1, 0.15) is 0 Å². The third kappa shape index (κ3) is 5.07. The SMILES string of the molecule is CC(C)CC(C)CC(=O)N(C)C1CCNCC1. The molecule has 1 fully saturated rings. The van der Waals surface area contributed by atoms with Gasteiger partial charge in [0, 0.05) is 19.5 Å². The van der Waals surface area contributed by atoms with Crippen molar-refractivity contribution in [3.8, 4) is 0 Å². The molecule has 3 heteroatoms. The summed E-state index contributed by atoms with van der Waals surface area (Å²) in [4.78, 5) is 14.1. The molecule has 1 heterocycles. The number of nitrogens with one attached hydrogen (secondary N) is 1. The third-order valence-corrected chi connectivity index (χ3v) is 3.65. The first-order valence-electron chi connectivity index (χ1n) is 6.97. The number of hydrogen-bond acceptors (Lipinski definition) is 2. The minimum Gasteiger partial charge on any atom is -0.343 e. The van der Waals surface area contributed by atoms with Crippen LogP contribution in [0.15, 0.2) is 0 Å². The molecule has 0 radical (unpaired) electrons. The second kappa shape index (κ2) is 7.00. The van der Waals surface area contributed by atoms with Crippen molar-refractivity contribution in [2.75, 3.05) is 20.1 Å². The molecular formula is C14H28N2O. The molecule has 0 aromatic heterocycles. The van der Waals surface area contributed by atoms with Gasteiger partial charge in [-0.3, -0.25) is 4.79 Å². The summed E-state index contributed by atoms with van der Waals surface area (Å²) in [5.41, 5.74) is 0. The number of amides is 1. The summed E-state index contributed by atoms with van der Waals surface area (Å²) < 4.78 is 0. The average Bonchev–Trinajstić information content (AvgIpc) is 2.28. The topological polar surface area (TPSA) is 32.3 Å². The first-order valence-corrected chi connectivity index (χ1v) is 6.97. The van der Waals surface area contributed by atoms with Gasteiger partial charge in [-0.15, -0.1) is 0 Å². The van der Waals surface area contributed by atoms with E-state index in [1.807, 2.05) is 11.9 Å². The molecule has 0 aromatic carbocycles. The van der Waals surface area contributed by atoms with Gasteiger partial charge < -0.3 is 10.2 Å². The quantitative estimate of drug-likeness (QED) is 0.799. The van der Waals surface area contributed by atoms with E-state index in [0.717, 1.165) is 32.4 Å². The maximum Gasteiger partial charge on any atom is 0.222 e. The van der Waals surface area contributed by atoms with Crippen LogP contribution in [-0.4, -0.2) is 37.0 Å². The molecule has 1 unspecified atom stereocenters. The molecule has 1 saturated heterocycles. The molecule has 1 aliphatic rings. The molecule has 3 nitrogen and oxygen atoms in total. The molecule has 1 N–H and O–H groups in total. The predicted molar refractivity (Wildman–Crippen MR) is 71.9 cm³/mol. The first-order chi connectivity index (χ1) is 8.00. The molecule has 1 amide bonds. The van der Waals surface area contributed by atoms with Gasteiger partial charge in [0.2, 0.25) is 5.91 Å². The van der Waals surface area contributed by atoms with Crippen LogP contribution in [-0.2, 0) is 4.79 Å². The molecule has 1 aliphatic heterocycles. The van der Waals surface area contributed by atoms with Crippen molar-refractivity contribution in [1.29, 1.82) is 0 Å². The molecule has 0 aromatic rings. The molecule has 0 saturated carbocycles. The lowest BCUT2D eigenvalue weighted by Crippen LogP contribution is -2.44. The standard InChI is InChI=1S/C14H28N2O/c1-11(2)9-12(3)10-14(17)16(4)13-5-7-15-8-6-13/h11-13,15H,5-10H2,1-4H3. The van der Waals surface area contributed by atoms with E-state index in [4.69, 9.17) is 0 Å². The second-order valence-corrected chi connectivity index (χ2v) is 5.92. The van der Waals surface area contributed by atoms with Crippen LogP contribution >= 0.6 is 0 Å². The fourth-order valence-corrected chi connectivity index (χ4v) is 2.73. The van der Waals surface area contributed by atoms with Crippen LogP contribution < -0.4 is 5.32 Å². The number of nitrogens with zero attached hydrogens (tertiary/aromatic N) is 1. The fourth-order valence-electron chi connectivity index (χ4n) is 2.73. The zero-order chi connectivity index (χ0) is 12.8. The Morgan fingerprint density at radius 1 is 1.29 bits per heavy atom. The van der Waals surface area contributed by atoms with Gasteiger partial charge in [-0.25, -0.2) is 0 Å². The van der Waals surface area contributed by atoms with E-state index in [9.17, 15) is 4.79 Å². The van der Waals surface area contributed by atoms with Crippen LogP contribution in [0, 0.1) is 11.8 Å². The summed E-state index contributed by atoms with van der Waals surface area (Å²) in [7, 11) is 1.97. The summed E-state index contributed by atoms with van der Waals surface area (Å²) in [6.45, 7) is 8.72. The van der Waals surface area contributed by atoms with Gasteiger partial charge >= 0.3 is 0 Å². The van der Waals surface area contributed by atoms with Gasteiger partial charge in [-0.1, -0.05) is 20.8 Å². The van der Waals surface area contributed by atoms with Crippen LogP contribution in [0.25, 0.3) is 0 Å². The lowest BCUT2D eigenvalue weighted by Gasteiger charge is -2.32. The lowest BCUT2D eigenvalue weighted by molar-refractivity contribution is -0.133. The molecule has 17 heavy (non-hydrogen) atoms. The average molecular weight is 240 g/mol. The van der Waals surface area contributed by atoms with E-state index >= 15 is 0 Å². The Labute approximate surface area is 106 Å². The van der Waals surface area contributed by atoms with E-state index in [0.29, 0.717) is 30.2 Å². The van der Waals surface area contributed by atoms with Crippen molar-refractivity contribution < 1.29 is 4.79 Å². The monoisotopic (exact) mass is 240 g/mol. The maximum absolute atomic E-state index is 12.1. The van der Waals surface area contributed by atoms with Gasteiger partial charge in [0.05, 0.1) is 0 Å². The van der Waals surface area contributed by atoms with Crippen molar-refractivity contribution in [3.05, 3.63) is 0 Å².